The molecule has 380 valence electrons. The van der Waals surface area contributed by atoms with Crippen LogP contribution in [0.3, 0.4) is 0 Å². The summed E-state index contributed by atoms with van der Waals surface area (Å²) in [5, 5.41) is 5.23. The Morgan fingerprint density at radius 1 is 0.528 bits per heavy atom. The summed E-state index contributed by atoms with van der Waals surface area (Å²) in [6.07, 6.45) is 8.80. The number of carbonyl (C=O) groups excluding carboxylic acids is 2. The van der Waals surface area contributed by atoms with E-state index < -0.39 is 0 Å². The Morgan fingerprint density at radius 2 is 0.889 bits per heavy atom. The third-order valence-corrected chi connectivity index (χ3v) is 15.1. The van der Waals surface area contributed by atoms with Gasteiger partial charge in [0, 0.05) is 50.4 Å². The van der Waals surface area contributed by atoms with Crippen molar-refractivity contribution in [2.24, 2.45) is 10.8 Å². The molecule has 7 rings (SSSR count). The van der Waals surface area contributed by atoms with Crippen LogP contribution in [-0.2, 0) is 54.5 Å². The highest BCUT2D eigenvalue weighted by atomic mass is 16.6. The topological polar surface area (TPSA) is 77.5 Å². The monoisotopic (exact) mass is 971 g/mol. The van der Waals surface area contributed by atoms with Gasteiger partial charge in [0.05, 0.1) is 26.4 Å². The van der Waals surface area contributed by atoms with Gasteiger partial charge in [0.2, 0.25) is 0 Å². The number of ether oxygens (including phenoxy) is 4. The van der Waals surface area contributed by atoms with Gasteiger partial charge in [-0.2, -0.15) is 0 Å². The molecule has 2 aliphatic heterocycles. The Kier molecular flexibility index (Phi) is 20.0. The molecular formula is C62H80B2N2O6. The second-order valence-corrected chi connectivity index (χ2v) is 22.1. The van der Waals surface area contributed by atoms with Gasteiger partial charge in [0.1, 0.15) is 27.8 Å². The van der Waals surface area contributed by atoms with Gasteiger partial charge >= 0.3 is 11.9 Å². The van der Waals surface area contributed by atoms with Crippen LogP contribution in [0.15, 0.2) is 121 Å². The Hall–Kier alpha value is -4.99. The Morgan fingerprint density at radius 3 is 1.24 bits per heavy atom. The summed E-state index contributed by atoms with van der Waals surface area (Å²) in [5.74, 6) is 0.137. The van der Waals surface area contributed by atoms with Crippen molar-refractivity contribution in [3.63, 3.8) is 0 Å². The normalized spacial score (nSPS) is 17.4. The largest absolute Gasteiger partial charge is 0.460 e. The van der Waals surface area contributed by atoms with E-state index in [-0.39, 0.29) is 25.2 Å². The highest BCUT2D eigenvalue weighted by Crippen LogP contribution is 2.41. The average Bonchev–Trinajstić information content (AvgIpc) is 3.36. The van der Waals surface area contributed by atoms with Crippen LogP contribution in [0.2, 0.25) is 12.6 Å². The van der Waals surface area contributed by atoms with Gasteiger partial charge < -0.3 is 18.9 Å². The smallest absolute Gasteiger partial charge is 0.333 e. The van der Waals surface area contributed by atoms with Gasteiger partial charge in [0.25, 0.3) is 0 Å². The van der Waals surface area contributed by atoms with Crippen molar-refractivity contribution >= 4 is 48.0 Å². The molecule has 2 heterocycles. The van der Waals surface area contributed by atoms with Gasteiger partial charge in [-0.05, 0) is 117 Å². The van der Waals surface area contributed by atoms with E-state index in [9.17, 15) is 9.59 Å². The van der Waals surface area contributed by atoms with Crippen LogP contribution in [0, 0.1) is 10.8 Å². The predicted octanol–water partition coefficient (Wildman–Crippen LogP) is 12.3. The standard InChI is InChI=1S/C62H80B2N2O6/c1-45(2)59(67)71-39-37-69-35-33-65(41-47-17-9-11-19-49(47)57-25-29-61(5,6)43-63-57)31-27-55-51-21-13-15-23-53(51)56(54-24-16-14-22-52(54)55)28-32-66(34-36-70-38-40-72-60(68)46(3)4)42-48-18-10-12-20-50(48)58-26-30-62(7,8)44-64-58/h9-24,57-58H,1,3,25-44H2,2,4-8H3. The lowest BCUT2D eigenvalue weighted by molar-refractivity contribution is -0.141. The second kappa shape index (κ2) is 26.3. The van der Waals surface area contributed by atoms with Crippen LogP contribution in [-0.4, -0.2) is 102 Å². The van der Waals surface area contributed by atoms with Crippen LogP contribution in [0.25, 0.3) is 21.5 Å². The van der Waals surface area contributed by atoms with Crippen molar-refractivity contribution in [1.82, 2.24) is 9.80 Å². The predicted molar refractivity (Wildman–Crippen MR) is 298 cm³/mol. The number of esters is 2. The molecule has 0 bridgehead atoms. The van der Waals surface area contributed by atoms with E-state index in [1.807, 2.05) is 0 Å². The highest BCUT2D eigenvalue weighted by molar-refractivity contribution is 6.38. The molecule has 5 aromatic carbocycles. The van der Waals surface area contributed by atoms with Crippen LogP contribution in [0.1, 0.15) is 112 Å². The zero-order valence-corrected chi connectivity index (χ0v) is 44.4. The molecule has 0 saturated carbocycles. The first-order valence-electron chi connectivity index (χ1n) is 26.7. The van der Waals surface area contributed by atoms with Gasteiger partial charge in [-0.15, -0.1) is 0 Å². The first kappa shape index (κ1) is 54.8. The van der Waals surface area contributed by atoms with Crippen molar-refractivity contribution in [2.75, 3.05) is 65.8 Å². The lowest BCUT2D eigenvalue weighted by Crippen LogP contribution is -2.32. The van der Waals surface area contributed by atoms with E-state index in [0.29, 0.717) is 60.0 Å². The van der Waals surface area contributed by atoms with Gasteiger partial charge in [-0.25, -0.2) is 9.59 Å². The molecule has 5 aromatic rings. The zero-order chi connectivity index (χ0) is 51.1. The Balaban J connectivity index is 1.12. The van der Waals surface area contributed by atoms with Crippen molar-refractivity contribution < 1.29 is 28.5 Å². The third-order valence-electron chi connectivity index (χ3n) is 15.1. The van der Waals surface area contributed by atoms with Crippen LogP contribution >= 0.6 is 0 Å². The van der Waals surface area contributed by atoms with Gasteiger partial charge in [0.15, 0.2) is 0 Å². The summed E-state index contributed by atoms with van der Waals surface area (Å²) in [5.41, 5.74) is 9.87. The molecule has 0 amide bonds. The number of hydrogen-bond acceptors (Lipinski definition) is 8. The average molecular weight is 971 g/mol. The lowest BCUT2D eigenvalue weighted by atomic mass is 9.47. The molecule has 0 aliphatic carbocycles. The first-order valence-corrected chi connectivity index (χ1v) is 26.7. The molecule has 8 nitrogen and oxygen atoms in total. The van der Waals surface area contributed by atoms with E-state index in [1.54, 1.807) is 13.8 Å². The summed E-state index contributed by atoms with van der Waals surface area (Å²) < 4.78 is 22.9. The minimum absolute atomic E-state index is 0.206. The molecule has 72 heavy (non-hydrogen) atoms. The van der Waals surface area contributed by atoms with Crippen LogP contribution < -0.4 is 0 Å². The SMILES string of the molecule is C=C(C)C(=O)OCCOCCN(CCc1c2ccccc2c(CCN(CCOCCOC(=O)C(=C)C)Cc2ccccc2C2[B]CC(C)(C)CC2)c2ccccc12)Cc1ccccc1C1[B]CC(C)(C)CC1. The molecule has 2 radical (unpaired) electrons. The van der Waals surface area contributed by atoms with Gasteiger partial charge in [-0.1, -0.05) is 163 Å². The highest BCUT2D eigenvalue weighted by Gasteiger charge is 2.31. The molecular weight excluding hydrogens is 890 g/mol. The molecule has 2 saturated heterocycles. The number of nitrogens with zero attached hydrogens (tertiary/aromatic N) is 2. The molecule has 2 fully saturated rings. The summed E-state index contributed by atoms with van der Waals surface area (Å²) in [7, 11) is 5.11. The summed E-state index contributed by atoms with van der Waals surface area (Å²) in [6.45, 7) is 27.3. The van der Waals surface area contributed by atoms with Crippen molar-refractivity contribution in [3.8, 4) is 0 Å². The van der Waals surface area contributed by atoms with E-state index in [1.165, 1.54) is 80.6 Å². The maximum absolute atomic E-state index is 12.0. The number of fused-ring (bicyclic) bond motifs is 2. The fourth-order valence-corrected chi connectivity index (χ4v) is 10.7. The second-order valence-electron chi connectivity index (χ2n) is 22.1. The number of rotatable bonds is 26. The van der Waals surface area contributed by atoms with E-state index >= 15 is 0 Å². The molecule has 10 heteroatoms. The maximum Gasteiger partial charge on any atom is 0.333 e. The van der Waals surface area contributed by atoms with Crippen molar-refractivity contribution in [2.45, 2.75) is 117 Å². The first-order chi connectivity index (χ1) is 34.7. The molecule has 2 aliphatic rings. The van der Waals surface area contributed by atoms with Crippen LogP contribution in [0.5, 0.6) is 0 Å². The molecule has 0 aromatic heterocycles. The van der Waals surface area contributed by atoms with Gasteiger partial charge in [-0.3, -0.25) is 9.80 Å². The maximum atomic E-state index is 12.0. The summed E-state index contributed by atoms with van der Waals surface area (Å²) in [4.78, 5) is 29.1. The number of carbonyl (C=O) groups is 2. The molecule has 0 spiro atoms. The fraction of sp³-hybridized carbons (Fsp3) is 0.484. The number of benzene rings is 5. The molecule has 2 unspecified atom stereocenters. The van der Waals surface area contributed by atoms with Crippen molar-refractivity contribution in [1.29, 1.82) is 0 Å². The quantitative estimate of drug-likeness (QED) is 0.0178. The summed E-state index contributed by atoms with van der Waals surface area (Å²) >= 11 is 0. The zero-order valence-electron chi connectivity index (χ0n) is 44.4. The Bertz CT molecular complexity index is 2370. The third kappa shape index (κ3) is 15.5. The summed E-state index contributed by atoms with van der Waals surface area (Å²) in [6, 6.07) is 36.1. The molecule has 0 N–H and O–H groups in total. The van der Waals surface area contributed by atoms with E-state index in [0.717, 1.165) is 64.8 Å². The van der Waals surface area contributed by atoms with Crippen molar-refractivity contribution in [3.05, 3.63) is 155 Å². The minimum Gasteiger partial charge on any atom is -0.460 e. The number of hydrogen-bond donors (Lipinski definition) is 0. The molecule has 2 atom stereocenters. The van der Waals surface area contributed by atoms with E-state index in [2.05, 4.69) is 162 Å². The van der Waals surface area contributed by atoms with Crippen LogP contribution in [0.4, 0.5) is 0 Å². The fourth-order valence-electron chi connectivity index (χ4n) is 10.7. The Labute approximate surface area is 433 Å². The van der Waals surface area contributed by atoms with E-state index in [4.69, 9.17) is 18.9 Å². The lowest BCUT2D eigenvalue weighted by Gasteiger charge is -2.35. The minimum atomic E-state index is -0.386.